The van der Waals surface area contributed by atoms with Gasteiger partial charge >= 0.3 is 0 Å². The van der Waals surface area contributed by atoms with Gasteiger partial charge in [-0.1, -0.05) is 72.8 Å². The summed E-state index contributed by atoms with van der Waals surface area (Å²) in [5, 5.41) is 0. The summed E-state index contributed by atoms with van der Waals surface area (Å²) in [7, 11) is 0. The molecule has 0 nitrogen and oxygen atoms in total. The Morgan fingerprint density at radius 1 is 0.944 bits per heavy atom. The van der Waals surface area contributed by atoms with E-state index in [0.717, 1.165) is 0 Å². The van der Waals surface area contributed by atoms with Crippen molar-refractivity contribution in [1.29, 1.82) is 0 Å². The van der Waals surface area contributed by atoms with Crippen molar-refractivity contribution in [3.05, 3.63) is 83.9 Å². The molecule has 0 heteroatoms. The van der Waals surface area contributed by atoms with Gasteiger partial charge in [-0.3, -0.25) is 0 Å². The fourth-order valence-electron chi connectivity index (χ4n) is 3.13. The zero-order valence-corrected chi connectivity index (χ0v) is 10.8. The zero-order valence-electron chi connectivity index (χ0n) is 10.8. The molecule has 2 aromatic carbocycles. The van der Waals surface area contributed by atoms with Crippen molar-refractivity contribution in [3.63, 3.8) is 0 Å². The van der Waals surface area contributed by atoms with Crippen LogP contribution in [0.1, 0.15) is 24.5 Å². The van der Waals surface area contributed by atoms with Crippen LogP contribution in [0.3, 0.4) is 0 Å². The van der Waals surface area contributed by atoms with Crippen LogP contribution in [-0.2, 0) is 5.41 Å². The number of allylic oxidation sites excluding steroid dienone is 1. The number of rotatable bonds is 3. The molecule has 3 rings (SSSR count). The molecular formula is C18H18. The predicted molar refractivity (Wildman–Crippen MR) is 76.6 cm³/mol. The maximum Gasteiger partial charge on any atom is 0.0274 e. The lowest BCUT2D eigenvalue weighted by atomic mass is 9.84. The molecule has 1 saturated carbocycles. The van der Waals surface area contributed by atoms with Gasteiger partial charge in [-0.25, -0.2) is 0 Å². The number of hydrogen-bond acceptors (Lipinski definition) is 0. The Bertz CT molecular complexity index is 512. The van der Waals surface area contributed by atoms with E-state index in [-0.39, 0.29) is 5.41 Å². The van der Waals surface area contributed by atoms with Gasteiger partial charge in [0.25, 0.3) is 0 Å². The van der Waals surface area contributed by atoms with Crippen LogP contribution in [-0.4, -0.2) is 0 Å². The summed E-state index contributed by atoms with van der Waals surface area (Å²) in [6, 6.07) is 21.7. The lowest BCUT2D eigenvalue weighted by Crippen LogP contribution is -2.12. The average Bonchev–Trinajstić information content (AvgIpc) is 3.18. The van der Waals surface area contributed by atoms with Gasteiger partial charge in [0.05, 0.1) is 0 Å². The van der Waals surface area contributed by atoms with Crippen LogP contribution in [0.5, 0.6) is 0 Å². The van der Waals surface area contributed by atoms with E-state index >= 15 is 0 Å². The van der Waals surface area contributed by atoms with Crippen LogP contribution in [0.15, 0.2) is 72.8 Å². The minimum atomic E-state index is 0.175. The Morgan fingerprint density at radius 3 is 1.72 bits per heavy atom. The standard InChI is InChI=1S/C18H18/c1-14(2)17-13-18(17,15-9-5-3-6-10-15)16-11-7-4-8-12-16/h3-12,17H,1,13H2,2H3. The van der Waals surface area contributed by atoms with Gasteiger partial charge in [-0.2, -0.15) is 0 Å². The van der Waals surface area contributed by atoms with Gasteiger partial charge < -0.3 is 0 Å². The molecule has 1 unspecified atom stereocenters. The van der Waals surface area contributed by atoms with Gasteiger partial charge in [0.1, 0.15) is 0 Å². The first kappa shape index (κ1) is 11.3. The van der Waals surface area contributed by atoms with E-state index in [4.69, 9.17) is 0 Å². The number of benzene rings is 2. The van der Waals surface area contributed by atoms with Crippen molar-refractivity contribution >= 4 is 0 Å². The number of hydrogen-bond donors (Lipinski definition) is 0. The monoisotopic (exact) mass is 234 g/mol. The average molecular weight is 234 g/mol. The van der Waals surface area contributed by atoms with Gasteiger partial charge in [-0.15, -0.1) is 0 Å². The van der Waals surface area contributed by atoms with Gasteiger partial charge in [0.15, 0.2) is 0 Å². The summed E-state index contributed by atoms with van der Waals surface area (Å²) in [4.78, 5) is 0. The summed E-state index contributed by atoms with van der Waals surface area (Å²) in [6.45, 7) is 6.31. The highest BCUT2D eigenvalue weighted by molar-refractivity contribution is 5.50. The maximum atomic E-state index is 4.16. The van der Waals surface area contributed by atoms with Crippen LogP contribution >= 0.6 is 0 Å². The van der Waals surface area contributed by atoms with Crippen molar-refractivity contribution in [2.75, 3.05) is 0 Å². The van der Waals surface area contributed by atoms with Crippen molar-refractivity contribution in [2.45, 2.75) is 18.8 Å². The molecule has 1 atom stereocenters. The summed E-state index contributed by atoms with van der Waals surface area (Å²) in [5.74, 6) is 0.585. The minimum Gasteiger partial charge on any atom is -0.0998 e. The third kappa shape index (κ3) is 1.60. The molecule has 0 heterocycles. The van der Waals surface area contributed by atoms with E-state index in [0.29, 0.717) is 5.92 Å². The molecule has 0 radical (unpaired) electrons. The molecule has 0 spiro atoms. The van der Waals surface area contributed by atoms with Crippen molar-refractivity contribution < 1.29 is 0 Å². The van der Waals surface area contributed by atoms with Crippen LogP contribution in [0.25, 0.3) is 0 Å². The second-order valence-electron chi connectivity index (χ2n) is 5.31. The molecule has 1 aliphatic carbocycles. The Hall–Kier alpha value is -1.82. The first-order valence-corrected chi connectivity index (χ1v) is 6.51. The first-order valence-electron chi connectivity index (χ1n) is 6.51. The predicted octanol–water partition coefficient (Wildman–Crippen LogP) is 4.57. The molecule has 0 saturated heterocycles. The quantitative estimate of drug-likeness (QED) is 0.682. The Balaban J connectivity index is 2.11. The van der Waals surface area contributed by atoms with Crippen LogP contribution in [0.2, 0.25) is 0 Å². The summed E-state index contributed by atoms with van der Waals surface area (Å²) in [6.07, 6.45) is 1.19. The Morgan fingerprint density at radius 2 is 1.39 bits per heavy atom. The third-order valence-electron chi connectivity index (χ3n) is 4.13. The topological polar surface area (TPSA) is 0 Å². The van der Waals surface area contributed by atoms with E-state index in [1.807, 2.05) is 0 Å². The molecule has 90 valence electrons. The fourth-order valence-corrected chi connectivity index (χ4v) is 3.13. The molecule has 2 aromatic rings. The van der Waals surface area contributed by atoms with Crippen molar-refractivity contribution in [1.82, 2.24) is 0 Å². The van der Waals surface area contributed by atoms with Gasteiger partial charge in [-0.05, 0) is 30.4 Å². The van der Waals surface area contributed by atoms with E-state index in [2.05, 4.69) is 74.2 Å². The highest BCUT2D eigenvalue weighted by atomic mass is 14.6. The van der Waals surface area contributed by atoms with Gasteiger partial charge in [0.2, 0.25) is 0 Å². The highest BCUT2D eigenvalue weighted by Gasteiger charge is 2.56. The molecule has 0 aromatic heterocycles. The molecular weight excluding hydrogens is 216 g/mol. The molecule has 1 aliphatic rings. The minimum absolute atomic E-state index is 0.175. The third-order valence-corrected chi connectivity index (χ3v) is 4.13. The molecule has 1 fully saturated rings. The van der Waals surface area contributed by atoms with Crippen LogP contribution in [0, 0.1) is 5.92 Å². The SMILES string of the molecule is C=C(C)C1CC1(c1ccccc1)c1ccccc1. The maximum absolute atomic E-state index is 4.16. The fraction of sp³-hybridized carbons (Fsp3) is 0.222. The molecule has 0 aliphatic heterocycles. The summed E-state index contributed by atoms with van der Waals surface area (Å²) < 4.78 is 0. The highest BCUT2D eigenvalue weighted by Crippen LogP contribution is 2.61. The first-order chi connectivity index (χ1) is 8.75. The van der Waals surface area contributed by atoms with E-state index in [1.54, 1.807) is 0 Å². The summed E-state index contributed by atoms with van der Waals surface area (Å²) in [5.41, 5.74) is 4.31. The molecule has 0 amide bonds. The molecule has 18 heavy (non-hydrogen) atoms. The zero-order chi connectivity index (χ0) is 12.6. The van der Waals surface area contributed by atoms with E-state index < -0.39 is 0 Å². The second-order valence-corrected chi connectivity index (χ2v) is 5.31. The second kappa shape index (κ2) is 4.13. The summed E-state index contributed by atoms with van der Waals surface area (Å²) >= 11 is 0. The Kier molecular flexibility index (Phi) is 2.59. The van der Waals surface area contributed by atoms with Crippen LogP contribution < -0.4 is 0 Å². The van der Waals surface area contributed by atoms with Gasteiger partial charge in [0, 0.05) is 5.41 Å². The lowest BCUT2D eigenvalue weighted by molar-refractivity contribution is 0.767. The van der Waals surface area contributed by atoms with Crippen molar-refractivity contribution in [2.24, 2.45) is 5.92 Å². The normalized spacial score (nSPS) is 20.4. The molecule has 0 N–H and O–H groups in total. The van der Waals surface area contributed by atoms with Crippen molar-refractivity contribution in [3.8, 4) is 0 Å². The lowest BCUT2D eigenvalue weighted by Gasteiger charge is -2.19. The smallest absolute Gasteiger partial charge is 0.0274 e. The van der Waals surface area contributed by atoms with Crippen LogP contribution in [0.4, 0.5) is 0 Å². The Labute approximate surface area is 109 Å². The largest absolute Gasteiger partial charge is 0.0998 e. The molecule has 0 bridgehead atoms. The van der Waals surface area contributed by atoms with E-state index in [9.17, 15) is 0 Å². The van der Waals surface area contributed by atoms with E-state index in [1.165, 1.54) is 23.1 Å².